The molecule has 0 aromatic heterocycles. The topological polar surface area (TPSA) is 151 Å². The van der Waals surface area contributed by atoms with Gasteiger partial charge in [-0.2, -0.15) is 0 Å². The molecule has 3 rings (SSSR count). The van der Waals surface area contributed by atoms with E-state index in [9.17, 15) is 29.6 Å². The van der Waals surface area contributed by atoms with Crippen LogP contribution in [0.4, 0.5) is 10.5 Å². The Bertz CT molecular complexity index is 1150. The van der Waals surface area contributed by atoms with Crippen LogP contribution in [-0.4, -0.2) is 52.5 Å². The lowest BCUT2D eigenvalue weighted by molar-refractivity contribution is -0.384. The molecule has 0 spiro atoms. The van der Waals surface area contributed by atoms with Gasteiger partial charge < -0.3 is 25.4 Å². The molecule has 1 heterocycles. The lowest BCUT2D eigenvalue weighted by atomic mass is 9.93. The summed E-state index contributed by atoms with van der Waals surface area (Å²) < 4.78 is 5.49. The summed E-state index contributed by atoms with van der Waals surface area (Å²) in [7, 11) is 1.63. The van der Waals surface area contributed by atoms with Crippen molar-refractivity contribution in [3.8, 4) is 5.75 Å². The molecule has 0 saturated carbocycles. The molecule has 184 valence electrons. The molecule has 0 radical (unpaired) electrons. The van der Waals surface area contributed by atoms with Gasteiger partial charge in [-0.25, -0.2) is 9.59 Å². The van der Waals surface area contributed by atoms with Crippen LogP contribution in [0.3, 0.4) is 0 Å². The molecule has 2 atom stereocenters. The minimum absolute atomic E-state index is 0.112. The molecular weight excluding hydrogens is 456 g/mol. The van der Waals surface area contributed by atoms with Crippen molar-refractivity contribution in [2.45, 2.75) is 31.8 Å². The number of carbonyl (C=O) groups excluding carboxylic acids is 2. The number of nitrogens with zero attached hydrogens (tertiary/aromatic N) is 2. The number of ether oxygens (including phenoxy) is 1. The third-order valence-corrected chi connectivity index (χ3v) is 5.77. The highest BCUT2D eigenvalue weighted by Crippen LogP contribution is 2.30. The molecule has 11 heteroatoms. The van der Waals surface area contributed by atoms with Crippen molar-refractivity contribution in [2.24, 2.45) is 0 Å². The molecule has 0 saturated heterocycles. The molecule has 3 amide bonds. The summed E-state index contributed by atoms with van der Waals surface area (Å²) in [4.78, 5) is 49.0. The summed E-state index contributed by atoms with van der Waals surface area (Å²) >= 11 is 0. The lowest BCUT2D eigenvalue weighted by Gasteiger charge is -2.30. The molecule has 1 aliphatic heterocycles. The number of para-hydroxylation sites is 1. The predicted molar refractivity (Wildman–Crippen MR) is 126 cm³/mol. The Morgan fingerprint density at radius 2 is 1.91 bits per heavy atom. The van der Waals surface area contributed by atoms with Crippen LogP contribution in [0, 0.1) is 10.1 Å². The predicted octanol–water partition coefficient (Wildman–Crippen LogP) is 2.99. The first-order valence-corrected chi connectivity index (χ1v) is 10.9. The Balaban J connectivity index is 1.72. The first kappa shape index (κ1) is 25.2. The second-order valence-electron chi connectivity index (χ2n) is 8.08. The van der Waals surface area contributed by atoms with Crippen molar-refractivity contribution in [3.05, 3.63) is 81.5 Å². The molecule has 1 aliphatic rings. The van der Waals surface area contributed by atoms with E-state index in [1.165, 1.54) is 29.2 Å². The van der Waals surface area contributed by atoms with Gasteiger partial charge in [0.05, 0.1) is 16.5 Å². The maximum absolute atomic E-state index is 12.5. The summed E-state index contributed by atoms with van der Waals surface area (Å²) in [6.07, 6.45) is 0.528. The number of nitro groups is 1. The smallest absolute Gasteiger partial charge is 0.335 e. The minimum atomic E-state index is -1.27. The number of carboxylic acid groups (broad SMARTS) is 1. The van der Waals surface area contributed by atoms with E-state index in [1.807, 2.05) is 13.0 Å². The molecule has 11 nitrogen and oxygen atoms in total. The van der Waals surface area contributed by atoms with Gasteiger partial charge in [0.25, 0.3) is 11.6 Å². The van der Waals surface area contributed by atoms with Crippen LogP contribution in [0.15, 0.2) is 65.9 Å². The fourth-order valence-corrected chi connectivity index (χ4v) is 3.69. The van der Waals surface area contributed by atoms with E-state index in [2.05, 4.69) is 10.6 Å². The largest absolute Gasteiger partial charge is 0.484 e. The molecule has 0 aliphatic carbocycles. The van der Waals surface area contributed by atoms with Gasteiger partial charge in [-0.1, -0.05) is 30.3 Å². The highest BCUT2D eigenvalue weighted by molar-refractivity contribution is 5.94. The van der Waals surface area contributed by atoms with E-state index < -0.39 is 23.0 Å². The van der Waals surface area contributed by atoms with Gasteiger partial charge in [0.15, 0.2) is 6.61 Å². The average molecular weight is 482 g/mol. The van der Waals surface area contributed by atoms with E-state index in [1.54, 1.807) is 31.3 Å². The van der Waals surface area contributed by atoms with Crippen LogP contribution < -0.4 is 15.4 Å². The van der Waals surface area contributed by atoms with Gasteiger partial charge in [-0.05, 0) is 37.5 Å². The first-order chi connectivity index (χ1) is 16.7. The lowest BCUT2D eigenvalue weighted by Crippen LogP contribution is -2.46. The highest BCUT2D eigenvalue weighted by Gasteiger charge is 2.33. The fraction of sp³-hybridized carbons (Fsp3) is 0.292. The average Bonchev–Trinajstić information content (AvgIpc) is 2.85. The molecule has 35 heavy (non-hydrogen) atoms. The quantitative estimate of drug-likeness (QED) is 0.348. The Morgan fingerprint density at radius 3 is 2.57 bits per heavy atom. The maximum atomic E-state index is 12.5. The summed E-state index contributed by atoms with van der Waals surface area (Å²) in [6, 6.07) is 12.4. The van der Waals surface area contributed by atoms with Crippen molar-refractivity contribution in [3.63, 3.8) is 0 Å². The number of likely N-dealkylation sites (N-methyl/N-ethyl adjacent to an activating group) is 1. The SMILES string of the molecule is CC(CCC1=C(C(=O)O)C(c2cccc([N+](=O)[O-])c2)NC(=O)N1)N(C)C(=O)COc1ccccc1. The van der Waals surface area contributed by atoms with Gasteiger partial charge in [-0.15, -0.1) is 0 Å². The number of hydrogen-bond donors (Lipinski definition) is 3. The van der Waals surface area contributed by atoms with Crippen LogP contribution in [0.1, 0.15) is 31.4 Å². The summed E-state index contributed by atoms with van der Waals surface area (Å²) in [5.74, 6) is -0.947. The van der Waals surface area contributed by atoms with Crippen molar-refractivity contribution < 1.29 is 29.2 Å². The normalized spacial score (nSPS) is 16.1. The zero-order valence-corrected chi connectivity index (χ0v) is 19.3. The van der Waals surface area contributed by atoms with Gasteiger partial charge in [0.2, 0.25) is 0 Å². The number of nitrogens with one attached hydrogen (secondary N) is 2. The maximum Gasteiger partial charge on any atom is 0.335 e. The summed E-state index contributed by atoms with van der Waals surface area (Å²) in [6.45, 7) is 1.66. The fourth-order valence-electron chi connectivity index (χ4n) is 3.69. The Labute approximate surface area is 201 Å². The van der Waals surface area contributed by atoms with Gasteiger partial charge >= 0.3 is 12.0 Å². The standard InChI is InChI=1S/C24H26N4O7/c1-15(27(2)20(29)14-35-18-9-4-3-5-10-18)11-12-19-21(23(30)31)22(26-24(32)25-19)16-7-6-8-17(13-16)28(33)34/h3-10,13,15,22H,11-12,14H2,1-2H3,(H,30,31)(H2,25,26,32). The first-order valence-electron chi connectivity index (χ1n) is 10.9. The van der Waals surface area contributed by atoms with E-state index in [4.69, 9.17) is 4.74 Å². The number of aliphatic carboxylic acids is 1. The third kappa shape index (κ3) is 6.34. The number of urea groups is 1. The van der Waals surface area contributed by atoms with Gasteiger partial charge in [-0.3, -0.25) is 14.9 Å². The van der Waals surface area contributed by atoms with Gasteiger partial charge in [0, 0.05) is 30.9 Å². The minimum Gasteiger partial charge on any atom is -0.484 e. The van der Waals surface area contributed by atoms with Crippen LogP contribution in [0.5, 0.6) is 5.75 Å². The molecule has 3 N–H and O–H groups in total. The number of amides is 3. The Morgan fingerprint density at radius 1 is 1.20 bits per heavy atom. The van der Waals surface area contributed by atoms with Crippen molar-refractivity contribution >= 4 is 23.6 Å². The Kier molecular flexibility index (Phi) is 8.03. The summed E-state index contributed by atoms with van der Waals surface area (Å²) in [5, 5.41) is 26.1. The van der Waals surface area contributed by atoms with Crippen molar-refractivity contribution in [1.29, 1.82) is 0 Å². The molecular formula is C24H26N4O7. The van der Waals surface area contributed by atoms with Crippen molar-refractivity contribution in [1.82, 2.24) is 15.5 Å². The number of non-ortho nitro benzene ring substituents is 1. The molecule has 2 aromatic rings. The van der Waals surface area contributed by atoms with Crippen LogP contribution in [-0.2, 0) is 9.59 Å². The number of benzene rings is 2. The highest BCUT2D eigenvalue weighted by atomic mass is 16.6. The van der Waals surface area contributed by atoms with E-state index in [-0.39, 0.29) is 47.5 Å². The van der Waals surface area contributed by atoms with Crippen LogP contribution in [0.25, 0.3) is 0 Å². The van der Waals surface area contributed by atoms with Crippen LogP contribution >= 0.6 is 0 Å². The van der Waals surface area contributed by atoms with Gasteiger partial charge in [0.1, 0.15) is 5.75 Å². The Hall–Kier alpha value is -4.41. The van der Waals surface area contributed by atoms with Crippen LogP contribution in [0.2, 0.25) is 0 Å². The molecule has 2 aromatic carbocycles. The number of carboxylic acids is 1. The number of rotatable bonds is 10. The number of nitro benzene ring substituents is 1. The zero-order chi connectivity index (χ0) is 25.5. The number of allylic oxidation sites excluding steroid dienone is 1. The number of hydrogen-bond acceptors (Lipinski definition) is 6. The third-order valence-electron chi connectivity index (χ3n) is 5.77. The summed E-state index contributed by atoms with van der Waals surface area (Å²) in [5.41, 5.74) is 0.139. The monoisotopic (exact) mass is 482 g/mol. The number of carbonyl (C=O) groups is 3. The molecule has 0 fully saturated rings. The molecule has 2 unspecified atom stereocenters. The molecule has 0 bridgehead atoms. The van der Waals surface area contributed by atoms with E-state index >= 15 is 0 Å². The van der Waals surface area contributed by atoms with E-state index in [0.29, 0.717) is 12.2 Å². The second-order valence-corrected chi connectivity index (χ2v) is 8.08. The zero-order valence-electron chi connectivity index (χ0n) is 19.3. The van der Waals surface area contributed by atoms with E-state index in [0.717, 1.165) is 0 Å². The second kappa shape index (κ2) is 11.1. The van der Waals surface area contributed by atoms with Crippen molar-refractivity contribution in [2.75, 3.05) is 13.7 Å².